The number of benzene rings is 1. The lowest BCUT2D eigenvalue weighted by molar-refractivity contribution is -0.142. The monoisotopic (exact) mass is 601 g/mol. The number of nitrogens with two attached hydrogens (primary N) is 4. The molecule has 1 heterocycles. The molecule has 0 radical (unpaired) electrons. The molecule has 14 nitrogen and oxygen atoms in total. The minimum Gasteiger partial charge on any atom is -0.480 e. The average molecular weight is 602 g/mol. The van der Waals surface area contributed by atoms with E-state index in [0.717, 1.165) is 16.5 Å². The number of aliphatic imine (C=N–C) groups is 1. The van der Waals surface area contributed by atoms with E-state index in [1.807, 2.05) is 44.3 Å². The second-order valence-electron chi connectivity index (χ2n) is 11.1. The summed E-state index contributed by atoms with van der Waals surface area (Å²) in [5.41, 5.74) is 24.3. The maximum Gasteiger partial charge on any atom is 0.326 e. The normalized spacial score (nSPS) is 14.0. The molecule has 0 saturated heterocycles. The topological polar surface area (TPSA) is 257 Å². The predicted molar refractivity (Wildman–Crippen MR) is 166 cm³/mol. The first-order valence-electron chi connectivity index (χ1n) is 14.6. The third kappa shape index (κ3) is 11.9. The lowest BCUT2D eigenvalue weighted by atomic mass is 10.0. The molecule has 238 valence electrons. The summed E-state index contributed by atoms with van der Waals surface area (Å²) in [4.78, 5) is 58.6. The van der Waals surface area contributed by atoms with E-state index in [9.17, 15) is 24.3 Å². The molecule has 3 amide bonds. The van der Waals surface area contributed by atoms with Crippen LogP contribution in [0, 0.1) is 5.92 Å². The van der Waals surface area contributed by atoms with Crippen molar-refractivity contribution in [2.24, 2.45) is 33.8 Å². The highest BCUT2D eigenvalue weighted by Gasteiger charge is 2.30. The first kappa shape index (κ1) is 35.0. The number of carboxylic acid groups (broad SMARTS) is 1. The molecule has 0 spiro atoms. The number of fused-ring (bicyclic) bond motifs is 1. The van der Waals surface area contributed by atoms with Crippen LogP contribution in [0.4, 0.5) is 0 Å². The van der Waals surface area contributed by atoms with Crippen LogP contribution in [0.5, 0.6) is 0 Å². The molecule has 0 fully saturated rings. The first-order valence-corrected chi connectivity index (χ1v) is 14.6. The quantitative estimate of drug-likeness (QED) is 0.0586. The molecule has 0 aliphatic heterocycles. The number of aromatic amines is 1. The van der Waals surface area contributed by atoms with Crippen LogP contribution in [0.3, 0.4) is 0 Å². The molecule has 14 heteroatoms. The van der Waals surface area contributed by atoms with Gasteiger partial charge in [0.1, 0.15) is 18.1 Å². The second-order valence-corrected chi connectivity index (χ2v) is 11.1. The standard InChI is InChI=1S/C29H47N9O5/c1-17(2)14-24(38-25(39)20(31)15-18-16-35-21-9-4-3-8-19(18)21)27(41)36-22(11-7-13-34-29(32)33)26(40)37-23(28(42)43)10-5-6-12-30/h3-4,8-9,16-17,20,22-24,35H,5-7,10-15,30-31H2,1-2H3,(H,36,41)(H,37,40)(H,38,39)(H,42,43)(H4,32,33,34). The molecule has 1 aromatic heterocycles. The Morgan fingerprint density at radius 1 is 0.907 bits per heavy atom. The van der Waals surface area contributed by atoms with Crippen LogP contribution in [0.25, 0.3) is 10.9 Å². The van der Waals surface area contributed by atoms with E-state index in [1.165, 1.54) is 0 Å². The summed E-state index contributed by atoms with van der Waals surface area (Å²) in [5, 5.41) is 18.5. The van der Waals surface area contributed by atoms with Gasteiger partial charge in [0.25, 0.3) is 0 Å². The molecule has 43 heavy (non-hydrogen) atoms. The summed E-state index contributed by atoms with van der Waals surface area (Å²) in [5.74, 6) is -3.04. The van der Waals surface area contributed by atoms with Gasteiger partial charge in [-0.1, -0.05) is 32.0 Å². The lowest BCUT2D eigenvalue weighted by Crippen LogP contribution is -2.57. The zero-order chi connectivity index (χ0) is 31.9. The van der Waals surface area contributed by atoms with E-state index in [0.29, 0.717) is 25.8 Å². The number of para-hydroxylation sites is 1. The number of rotatable bonds is 19. The fourth-order valence-corrected chi connectivity index (χ4v) is 4.68. The Morgan fingerprint density at radius 3 is 2.19 bits per heavy atom. The first-order chi connectivity index (χ1) is 20.4. The van der Waals surface area contributed by atoms with Crippen LogP contribution in [-0.4, -0.2) is 77.0 Å². The molecule has 4 unspecified atom stereocenters. The number of hydrogen-bond acceptors (Lipinski definition) is 7. The van der Waals surface area contributed by atoms with Gasteiger partial charge < -0.3 is 49.0 Å². The summed E-state index contributed by atoms with van der Waals surface area (Å²) in [6, 6.07) is 3.52. The van der Waals surface area contributed by atoms with Crippen molar-refractivity contribution in [2.75, 3.05) is 13.1 Å². The average Bonchev–Trinajstić information content (AvgIpc) is 3.35. The number of aromatic nitrogens is 1. The number of nitrogens with one attached hydrogen (secondary N) is 4. The summed E-state index contributed by atoms with van der Waals surface area (Å²) in [6.07, 6.45) is 4.12. The van der Waals surface area contributed by atoms with Crippen LogP contribution in [0.1, 0.15) is 57.9 Å². The van der Waals surface area contributed by atoms with Gasteiger partial charge in [-0.25, -0.2) is 4.79 Å². The number of unbranched alkanes of at least 4 members (excludes halogenated alkanes) is 1. The maximum absolute atomic E-state index is 13.5. The molecule has 0 saturated carbocycles. The molecule has 13 N–H and O–H groups in total. The molecule has 0 aliphatic rings. The van der Waals surface area contributed by atoms with Gasteiger partial charge in [-0.2, -0.15) is 0 Å². The predicted octanol–water partition coefficient (Wildman–Crippen LogP) is -0.195. The summed E-state index contributed by atoms with van der Waals surface area (Å²) < 4.78 is 0. The van der Waals surface area contributed by atoms with Crippen LogP contribution in [-0.2, 0) is 25.6 Å². The van der Waals surface area contributed by atoms with Crippen LogP contribution >= 0.6 is 0 Å². The summed E-state index contributed by atoms with van der Waals surface area (Å²) >= 11 is 0. The van der Waals surface area contributed by atoms with Crippen molar-refractivity contribution >= 4 is 40.6 Å². The van der Waals surface area contributed by atoms with Crippen molar-refractivity contribution in [3.63, 3.8) is 0 Å². The highest BCUT2D eigenvalue weighted by atomic mass is 16.4. The molecule has 2 aromatic rings. The Morgan fingerprint density at radius 2 is 1.53 bits per heavy atom. The van der Waals surface area contributed by atoms with Gasteiger partial charge in [0, 0.05) is 23.6 Å². The number of aliphatic carboxylic acids is 1. The van der Waals surface area contributed by atoms with Crippen LogP contribution in [0.2, 0.25) is 0 Å². The number of guanidine groups is 1. The second kappa shape index (κ2) is 17.7. The lowest BCUT2D eigenvalue weighted by Gasteiger charge is -2.26. The zero-order valence-corrected chi connectivity index (χ0v) is 25.0. The third-order valence-electron chi connectivity index (χ3n) is 6.93. The van der Waals surface area contributed by atoms with Crippen molar-refractivity contribution in [3.8, 4) is 0 Å². The minimum atomic E-state index is -1.19. The van der Waals surface area contributed by atoms with E-state index in [2.05, 4.69) is 25.9 Å². The molecular weight excluding hydrogens is 554 g/mol. The van der Waals surface area contributed by atoms with Gasteiger partial charge in [0.15, 0.2) is 5.96 Å². The van der Waals surface area contributed by atoms with E-state index in [-0.39, 0.29) is 44.1 Å². The highest BCUT2D eigenvalue weighted by molar-refractivity contribution is 5.94. The van der Waals surface area contributed by atoms with E-state index < -0.39 is 47.9 Å². The fourth-order valence-electron chi connectivity index (χ4n) is 4.68. The van der Waals surface area contributed by atoms with Crippen molar-refractivity contribution in [1.82, 2.24) is 20.9 Å². The van der Waals surface area contributed by atoms with Crippen LogP contribution < -0.4 is 38.9 Å². The molecule has 2 rings (SSSR count). The smallest absolute Gasteiger partial charge is 0.326 e. The van der Waals surface area contributed by atoms with Gasteiger partial charge >= 0.3 is 5.97 Å². The Balaban J connectivity index is 2.15. The maximum atomic E-state index is 13.5. The van der Waals surface area contributed by atoms with E-state index >= 15 is 0 Å². The Bertz CT molecular complexity index is 1240. The molecule has 1 aromatic carbocycles. The van der Waals surface area contributed by atoms with Crippen molar-refractivity contribution < 1.29 is 24.3 Å². The Hall–Kier alpha value is -4.17. The Labute approximate surface area is 251 Å². The fraction of sp³-hybridized carbons (Fsp3) is 0.552. The molecule has 0 bridgehead atoms. The molecule has 4 atom stereocenters. The van der Waals surface area contributed by atoms with Gasteiger partial charge in [0.2, 0.25) is 17.7 Å². The zero-order valence-electron chi connectivity index (χ0n) is 25.0. The number of H-pyrrole nitrogens is 1. The number of hydrogen-bond donors (Lipinski definition) is 9. The third-order valence-corrected chi connectivity index (χ3v) is 6.93. The van der Waals surface area contributed by atoms with Crippen molar-refractivity contribution in [1.29, 1.82) is 0 Å². The molecule has 0 aliphatic carbocycles. The number of amides is 3. The van der Waals surface area contributed by atoms with Gasteiger partial charge in [-0.3, -0.25) is 19.4 Å². The number of nitrogens with zero attached hydrogens (tertiary/aromatic N) is 1. The molecular formula is C29H47N9O5. The van der Waals surface area contributed by atoms with E-state index in [1.54, 1.807) is 0 Å². The SMILES string of the molecule is CC(C)CC(NC(=O)C(N)Cc1c[nH]c2ccccc12)C(=O)NC(CCCN=C(N)N)C(=O)NC(CCCCN)C(=O)O. The summed E-state index contributed by atoms with van der Waals surface area (Å²) in [6.45, 7) is 4.40. The van der Waals surface area contributed by atoms with Gasteiger partial charge in [-0.15, -0.1) is 0 Å². The highest BCUT2D eigenvalue weighted by Crippen LogP contribution is 2.19. The Kier molecular flexibility index (Phi) is 14.4. The number of carboxylic acids is 1. The van der Waals surface area contributed by atoms with Gasteiger partial charge in [0.05, 0.1) is 6.04 Å². The van der Waals surface area contributed by atoms with Crippen molar-refractivity contribution in [2.45, 2.75) is 83.0 Å². The van der Waals surface area contributed by atoms with E-state index in [4.69, 9.17) is 22.9 Å². The van der Waals surface area contributed by atoms with Crippen molar-refractivity contribution in [3.05, 3.63) is 36.0 Å². The number of carbonyl (C=O) groups excluding carboxylic acids is 3. The summed E-state index contributed by atoms with van der Waals surface area (Å²) in [7, 11) is 0. The number of carbonyl (C=O) groups is 4. The van der Waals surface area contributed by atoms with Gasteiger partial charge in [-0.05, 0) is 69.0 Å². The van der Waals surface area contributed by atoms with Crippen LogP contribution in [0.15, 0.2) is 35.5 Å². The largest absolute Gasteiger partial charge is 0.480 e. The minimum absolute atomic E-state index is 0.0222.